The van der Waals surface area contributed by atoms with Crippen molar-refractivity contribution in [1.29, 1.82) is 0 Å². The van der Waals surface area contributed by atoms with E-state index in [-0.39, 0.29) is 0 Å². The van der Waals surface area contributed by atoms with E-state index >= 15 is 0 Å². The fraction of sp³-hybridized carbons (Fsp3) is 1.00. The average molecular weight is 230 g/mol. The van der Waals surface area contributed by atoms with Crippen molar-refractivity contribution in [2.24, 2.45) is 0 Å². The van der Waals surface area contributed by atoms with E-state index in [0.29, 0.717) is 0 Å². The number of hydrogen-bond donors (Lipinski definition) is 0. The van der Waals surface area contributed by atoms with E-state index in [9.17, 15) is 0 Å². The van der Waals surface area contributed by atoms with Crippen molar-refractivity contribution in [3.63, 3.8) is 0 Å². The van der Waals surface area contributed by atoms with Crippen LogP contribution in [0.2, 0.25) is 0 Å². The van der Waals surface area contributed by atoms with Gasteiger partial charge in [-0.1, -0.05) is 0 Å². The molecule has 6 heavy (non-hydrogen) atoms. The second-order valence-electron chi connectivity index (χ2n) is 1.48. The van der Waals surface area contributed by atoms with Gasteiger partial charge in [0.1, 0.15) is 0 Å². The van der Waals surface area contributed by atoms with Gasteiger partial charge in [0.15, 0.2) is 0 Å². The third kappa shape index (κ3) is 3.97. The summed E-state index contributed by atoms with van der Waals surface area (Å²) < 4.78 is 1.30. The summed E-state index contributed by atoms with van der Waals surface area (Å²) in [6.45, 7) is 4.60. The molecule has 0 aliphatic heterocycles. The zero-order chi connectivity index (χ0) is 4.99. The number of hydrogen-bond acceptors (Lipinski definition) is 0. The van der Waals surface area contributed by atoms with Gasteiger partial charge >= 0.3 is 67.8 Å². The van der Waals surface area contributed by atoms with Crippen molar-refractivity contribution >= 4 is 3.40 Å². The quantitative estimate of drug-likeness (QED) is 0.636. The monoisotopic (exact) mass is 230 g/mol. The van der Waals surface area contributed by atoms with Crippen molar-refractivity contribution < 1.29 is 38.4 Å². The Labute approximate surface area is 66.9 Å². The SMILES string of the molecule is CCC(C)[PH][Pr]. The van der Waals surface area contributed by atoms with Crippen LogP contribution < -0.4 is 0 Å². The summed E-state index contributed by atoms with van der Waals surface area (Å²) in [6, 6.07) is 0. The molecule has 2 heteroatoms. The van der Waals surface area contributed by atoms with Crippen molar-refractivity contribution in [3.05, 3.63) is 0 Å². The Morgan fingerprint density at radius 3 is 2.33 bits per heavy atom. The minimum atomic E-state index is 1.04. The molecule has 0 aliphatic rings. The second-order valence-corrected chi connectivity index (χ2v) is 6.00. The van der Waals surface area contributed by atoms with Gasteiger partial charge in [0, 0.05) is 0 Å². The van der Waals surface area contributed by atoms with Crippen LogP contribution in [0.4, 0.5) is 0 Å². The topological polar surface area (TPSA) is 0 Å². The Hall–Kier alpha value is 1.79. The third-order valence-corrected chi connectivity index (χ3v) is 7.35. The van der Waals surface area contributed by atoms with Gasteiger partial charge in [-0.2, -0.15) is 0 Å². The molecule has 0 bridgehead atoms. The van der Waals surface area contributed by atoms with E-state index in [1.807, 2.05) is 0 Å². The first-order valence-corrected chi connectivity index (χ1v) is 8.98. The van der Waals surface area contributed by atoms with Crippen molar-refractivity contribution in [3.8, 4) is 0 Å². The van der Waals surface area contributed by atoms with E-state index in [1.54, 1.807) is 0 Å². The summed E-state index contributed by atoms with van der Waals surface area (Å²) in [7, 11) is 0. The molecule has 0 fully saturated rings. The Balaban J connectivity index is 2.75. The summed E-state index contributed by atoms with van der Waals surface area (Å²) in [5, 5.41) is 0. The molecule has 34 valence electrons. The summed E-state index contributed by atoms with van der Waals surface area (Å²) in [4.78, 5) is 0. The van der Waals surface area contributed by atoms with Gasteiger partial charge in [0.2, 0.25) is 0 Å². The second kappa shape index (κ2) is 4.94. The van der Waals surface area contributed by atoms with Gasteiger partial charge in [0.25, 0.3) is 0 Å². The first-order chi connectivity index (χ1) is 2.81. The van der Waals surface area contributed by atoms with Crippen LogP contribution >= 0.6 is 3.40 Å². The van der Waals surface area contributed by atoms with Gasteiger partial charge in [0.05, 0.1) is 0 Å². The van der Waals surface area contributed by atoms with Crippen LogP contribution in [0.25, 0.3) is 0 Å². The molecule has 0 saturated heterocycles. The van der Waals surface area contributed by atoms with Gasteiger partial charge in [-0.15, -0.1) is 0 Å². The van der Waals surface area contributed by atoms with E-state index in [2.05, 4.69) is 13.8 Å². The number of rotatable bonds is 2. The minimum absolute atomic E-state index is 1.04. The van der Waals surface area contributed by atoms with Crippen LogP contribution in [-0.4, -0.2) is 5.66 Å². The molecule has 0 heterocycles. The molecule has 0 amide bonds. The Kier molecular flexibility index (Phi) is 6.42. The average Bonchev–Trinajstić information content (AvgIpc) is 1.65. The van der Waals surface area contributed by atoms with E-state index < -0.39 is 0 Å². The van der Waals surface area contributed by atoms with Crippen molar-refractivity contribution in [1.82, 2.24) is 0 Å². The molecular formula is C4H10PPr. The van der Waals surface area contributed by atoms with Crippen LogP contribution in [0.15, 0.2) is 0 Å². The Bertz CT molecular complexity index is 26.7. The molecule has 0 aliphatic carbocycles. The van der Waals surface area contributed by atoms with Gasteiger partial charge in [-0.05, 0) is 0 Å². The Morgan fingerprint density at radius 1 is 1.83 bits per heavy atom. The zero-order valence-electron chi connectivity index (χ0n) is 4.36. The van der Waals surface area contributed by atoms with Crippen LogP contribution in [0, 0.1) is 38.4 Å². The normalized spacial score (nSPS) is 16.2. The molecule has 0 aromatic rings. The molecule has 0 aromatic carbocycles. The van der Waals surface area contributed by atoms with Crippen LogP contribution in [0.3, 0.4) is 0 Å². The van der Waals surface area contributed by atoms with Crippen molar-refractivity contribution in [2.45, 2.75) is 25.9 Å². The first kappa shape index (κ1) is 7.79. The summed E-state index contributed by atoms with van der Waals surface area (Å²) in [6.07, 6.45) is 1.38. The summed E-state index contributed by atoms with van der Waals surface area (Å²) >= 11 is 1.24. The molecule has 0 rings (SSSR count). The molecule has 2 atom stereocenters. The predicted molar refractivity (Wildman–Crippen MR) is 28.1 cm³/mol. The molecule has 0 radical (unpaired) electrons. The molecule has 0 spiro atoms. The van der Waals surface area contributed by atoms with Crippen LogP contribution in [0.1, 0.15) is 20.3 Å². The van der Waals surface area contributed by atoms with Gasteiger partial charge < -0.3 is 0 Å². The summed E-state index contributed by atoms with van der Waals surface area (Å²) in [5.74, 6) is 0. The van der Waals surface area contributed by atoms with Crippen molar-refractivity contribution in [2.75, 3.05) is 0 Å². The molecular weight excluding hydrogens is 220 g/mol. The summed E-state index contributed by atoms with van der Waals surface area (Å²) in [5.41, 5.74) is 1.04. The van der Waals surface area contributed by atoms with E-state index in [1.165, 1.54) is 48.3 Å². The third-order valence-electron chi connectivity index (χ3n) is 0.897. The maximum absolute atomic E-state index is 2.33. The van der Waals surface area contributed by atoms with E-state index in [0.717, 1.165) is 5.66 Å². The predicted octanol–water partition coefficient (Wildman–Crippen LogP) is 1.93. The standard InChI is InChI=1S/C4H10P.Pr/c1-3-4(2)5;/h4-5H,3H2,1-2H3;/q-1;+1. The van der Waals surface area contributed by atoms with Crippen LogP contribution in [0.5, 0.6) is 0 Å². The molecule has 2 unspecified atom stereocenters. The fourth-order valence-corrected chi connectivity index (χ4v) is 2.62. The first-order valence-electron chi connectivity index (χ1n) is 2.27. The molecule has 0 N–H and O–H groups in total. The van der Waals surface area contributed by atoms with E-state index in [4.69, 9.17) is 0 Å². The van der Waals surface area contributed by atoms with Gasteiger partial charge in [-0.25, -0.2) is 0 Å². The fourth-order valence-electron chi connectivity index (χ4n) is 0.118. The molecule has 0 saturated carbocycles. The van der Waals surface area contributed by atoms with Crippen LogP contribution in [-0.2, 0) is 0 Å². The maximum atomic E-state index is 2.33. The Morgan fingerprint density at radius 2 is 2.33 bits per heavy atom. The molecule has 0 aromatic heterocycles. The molecule has 0 nitrogen and oxygen atoms in total. The van der Waals surface area contributed by atoms with Gasteiger partial charge in [-0.3, -0.25) is 0 Å². The zero-order valence-corrected chi connectivity index (χ0v) is 9.07.